The second-order valence-electron chi connectivity index (χ2n) is 7.43. The van der Waals surface area contributed by atoms with Crippen LogP contribution in [0.5, 0.6) is 0 Å². The highest BCUT2D eigenvalue weighted by atomic mass is 35.5. The van der Waals surface area contributed by atoms with E-state index in [9.17, 15) is 9.59 Å². The first kappa shape index (κ1) is 25.1. The van der Waals surface area contributed by atoms with E-state index in [0.717, 1.165) is 22.6 Å². The molecule has 0 saturated heterocycles. The Morgan fingerprint density at radius 2 is 1.85 bits per heavy atom. The van der Waals surface area contributed by atoms with Gasteiger partial charge in [0.05, 0.1) is 15.8 Å². The Kier molecular flexibility index (Phi) is 8.77. The van der Waals surface area contributed by atoms with Gasteiger partial charge in [-0.05, 0) is 56.2 Å². The molecule has 2 aromatic carbocycles. The first-order valence-electron chi connectivity index (χ1n) is 10.4. The molecule has 1 aromatic heterocycles. The van der Waals surface area contributed by atoms with E-state index in [-0.39, 0.29) is 17.6 Å². The number of hydrogen-bond donors (Lipinski definition) is 2. The van der Waals surface area contributed by atoms with E-state index in [0.29, 0.717) is 40.3 Å². The van der Waals surface area contributed by atoms with E-state index in [1.807, 2.05) is 43.5 Å². The average molecular weight is 506 g/mol. The van der Waals surface area contributed by atoms with Crippen LogP contribution in [-0.4, -0.2) is 38.9 Å². The number of anilines is 1. The fraction of sp³-hybridized carbons (Fsp3) is 0.304. The molecule has 3 rings (SSSR count). The molecular weight excluding hydrogens is 481 g/mol. The summed E-state index contributed by atoms with van der Waals surface area (Å²) in [6.45, 7) is 6.98. The van der Waals surface area contributed by atoms with Gasteiger partial charge in [0.1, 0.15) is 5.82 Å². The summed E-state index contributed by atoms with van der Waals surface area (Å²) < 4.78 is 1.95. The van der Waals surface area contributed by atoms with Crippen molar-refractivity contribution in [1.29, 1.82) is 0 Å². The van der Waals surface area contributed by atoms with Gasteiger partial charge in [-0.25, -0.2) is 0 Å². The SMILES string of the molecule is CCn1c(CCNC(=O)c2ccc(Cl)c(Cl)c2)nnc1SCC(=O)Nc1cc(C)ccc1C. The lowest BCUT2D eigenvalue weighted by molar-refractivity contribution is -0.113. The number of nitrogens with one attached hydrogen (secondary N) is 2. The molecule has 0 fully saturated rings. The molecule has 7 nitrogen and oxygen atoms in total. The molecule has 3 aromatic rings. The molecule has 0 atom stereocenters. The first-order chi connectivity index (χ1) is 15.8. The van der Waals surface area contributed by atoms with Crippen LogP contribution in [0.15, 0.2) is 41.6 Å². The maximum absolute atomic E-state index is 12.4. The minimum atomic E-state index is -0.242. The van der Waals surface area contributed by atoms with Gasteiger partial charge in [0, 0.05) is 30.8 Å². The Hall–Kier alpha value is -2.55. The highest BCUT2D eigenvalue weighted by Crippen LogP contribution is 2.23. The Morgan fingerprint density at radius 1 is 1.06 bits per heavy atom. The van der Waals surface area contributed by atoms with E-state index in [2.05, 4.69) is 20.8 Å². The molecule has 0 radical (unpaired) electrons. The summed E-state index contributed by atoms with van der Waals surface area (Å²) in [6.07, 6.45) is 0.503. The number of thioether (sulfide) groups is 1. The summed E-state index contributed by atoms with van der Waals surface area (Å²) in [5, 5.41) is 15.7. The van der Waals surface area contributed by atoms with E-state index in [4.69, 9.17) is 23.2 Å². The predicted molar refractivity (Wildman–Crippen MR) is 133 cm³/mol. The average Bonchev–Trinajstić information content (AvgIpc) is 3.18. The zero-order valence-electron chi connectivity index (χ0n) is 18.6. The zero-order valence-corrected chi connectivity index (χ0v) is 20.9. The predicted octanol–water partition coefficient (Wildman–Crippen LogP) is 4.92. The lowest BCUT2D eigenvalue weighted by Crippen LogP contribution is -2.26. The second-order valence-corrected chi connectivity index (χ2v) is 9.19. The molecule has 0 saturated carbocycles. The maximum atomic E-state index is 12.4. The van der Waals surface area contributed by atoms with Crippen molar-refractivity contribution >= 4 is 52.5 Å². The third kappa shape index (κ3) is 6.72. The van der Waals surface area contributed by atoms with Gasteiger partial charge in [-0.1, -0.05) is 47.1 Å². The molecule has 0 aliphatic carbocycles. The summed E-state index contributed by atoms with van der Waals surface area (Å²) in [6, 6.07) is 10.7. The van der Waals surface area contributed by atoms with E-state index >= 15 is 0 Å². The fourth-order valence-electron chi connectivity index (χ4n) is 3.14. The highest BCUT2D eigenvalue weighted by molar-refractivity contribution is 7.99. The van der Waals surface area contributed by atoms with Crippen LogP contribution in [0.2, 0.25) is 10.0 Å². The summed E-state index contributed by atoms with van der Waals surface area (Å²) >= 11 is 13.2. The quantitative estimate of drug-likeness (QED) is 0.402. The van der Waals surface area contributed by atoms with Gasteiger partial charge in [0.2, 0.25) is 5.91 Å². The lowest BCUT2D eigenvalue weighted by atomic mass is 10.1. The smallest absolute Gasteiger partial charge is 0.251 e. The van der Waals surface area contributed by atoms with Gasteiger partial charge < -0.3 is 15.2 Å². The Morgan fingerprint density at radius 3 is 2.58 bits per heavy atom. The number of halogens is 2. The van der Waals surface area contributed by atoms with Gasteiger partial charge in [-0.15, -0.1) is 10.2 Å². The molecule has 0 unspecified atom stereocenters. The van der Waals surface area contributed by atoms with Crippen molar-refractivity contribution in [2.45, 2.75) is 38.9 Å². The van der Waals surface area contributed by atoms with Crippen LogP contribution in [0, 0.1) is 13.8 Å². The Labute approximate surface area is 207 Å². The van der Waals surface area contributed by atoms with E-state index in [1.54, 1.807) is 12.1 Å². The molecule has 2 amide bonds. The van der Waals surface area contributed by atoms with Crippen molar-refractivity contribution in [3.05, 3.63) is 69.0 Å². The van der Waals surface area contributed by atoms with Gasteiger partial charge in [-0.3, -0.25) is 9.59 Å². The molecule has 0 spiro atoms. The van der Waals surface area contributed by atoms with Crippen molar-refractivity contribution in [1.82, 2.24) is 20.1 Å². The number of aromatic nitrogens is 3. The largest absolute Gasteiger partial charge is 0.352 e. The number of hydrogen-bond acceptors (Lipinski definition) is 5. The maximum Gasteiger partial charge on any atom is 0.251 e. The van der Waals surface area contributed by atoms with Gasteiger partial charge in [-0.2, -0.15) is 0 Å². The fourth-order valence-corrected chi connectivity index (χ4v) is 4.26. The third-order valence-electron chi connectivity index (χ3n) is 4.93. The molecule has 0 aliphatic rings. The molecule has 1 heterocycles. The molecule has 33 heavy (non-hydrogen) atoms. The van der Waals surface area contributed by atoms with Gasteiger partial charge >= 0.3 is 0 Å². The monoisotopic (exact) mass is 505 g/mol. The van der Waals surface area contributed by atoms with E-state index < -0.39 is 0 Å². The number of benzene rings is 2. The number of nitrogens with zero attached hydrogens (tertiary/aromatic N) is 3. The standard InChI is InChI=1S/C23H25Cl2N5O2S/c1-4-30-20(9-10-26-22(32)16-7-8-17(24)18(25)12-16)28-29-23(30)33-13-21(31)27-19-11-14(2)5-6-15(19)3/h5-8,11-12H,4,9-10,13H2,1-3H3,(H,26,32)(H,27,31). The number of rotatable bonds is 9. The van der Waals surface area contributed by atoms with Crippen LogP contribution < -0.4 is 10.6 Å². The molecule has 0 aliphatic heterocycles. The minimum Gasteiger partial charge on any atom is -0.352 e. The highest BCUT2D eigenvalue weighted by Gasteiger charge is 2.15. The summed E-state index contributed by atoms with van der Waals surface area (Å²) in [5.74, 6) is 0.618. The summed E-state index contributed by atoms with van der Waals surface area (Å²) in [5.41, 5.74) is 3.36. The number of carbonyl (C=O) groups excluding carboxylic acids is 2. The zero-order chi connectivity index (χ0) is 24.0. The van der Waals surface area contributed by atoms with Crippen LogP contribution in [0.25, 0.3) is 0 Å². The minimum absolute atomic E-state index is 0.102. The van der Waals surface area contributed by atoms with E-state index in [1.165, 1.54) is 17.8 Å². The molecule has 0 bridgehead atoms. The van der Waals surface area contributed by atoms with Crippen LogP contribution in [0.3, 0.4) is 0 Å². The van der Waals surface area contributed by atoms with Gasteiger partial charge in [0.15, 0.2) is 5.16 Å². The van der Waals surface area contributed by atoms with Crippen LogP contribution >= 0.6 is 35.0 Å². The third-order valence-corrected chi connectivity index (χ3v) is 6.63. The van der Waals surface area contributed by atoms with Crippen LogP contribution in [0.1, 0.15) is 34.2 Å². The molecule has 174 valence electrons. The number of aryl methyl sites for hydroxylation is 2. The van der Waals surface area contributed by atoms with Crippen LogP contribution in [-0.2, 0) is 17.8 Å². The topological polar surface area (TPSA) is 88.9 Å². The Balaban J connectivity index is 1.53. The molecule has 10 heteroatoms. The van der Waals surface area contributed by atoms with Crippen molar-refractivity contribution in [3.63, 3.8) is 0 Å². The molecule has 2 N–H and O–H groups in total. The van der Waals surface area contributed by atoms with Crippen molar-refractivity contribution in [2.75, 3.05) is 17.6 Å². The Bertz CT molecular complexity index is 1170. The van der Waals surface area contributed by atoms with Crippen molar-refractivity contribution in [3.8, 4) is 0 Å². The first-order valence-corrected chi connectivity index (χ1v) is 12.2. The summed E-state index contributed by atoms with van der Waals surface area (Å²) in [7, 11) is 0. The van der Waals surface area contributed by atoms with Crippen molar-refractivity contribution < 1.29 is 9.59 Å². The second kappa shape index (κ2) is 11.5. The number of amides is 2. The normalized spacial score (nSPS) is 10.8. The van der Waals surface area contributed by atoms with Gasteiger partial charge in [0.25, 0.3) is 5.91 Å². The molecular formula is C23H25Cl2N5O2S. The van der Waals surface area contributed by atoms with Crippen LogP contribution in [0.4, 0.5) is 5.69 Å². The van der Waals surface area contributed by atoms with Crippen molar-refractivity contribution in [2.24, 2.45) is 0 Å². The number of carbonyl (C=O) groups is 2. The lowest BCUT2D eigenvalue weighted by Gasteiger charge is -2.10. The summed E-state index contributed by atoms with van der Waals surface area (Å²) in [4.78, 5) is 24.8.